The fraction of sp³-hybridized carbons (Fsp3) is 0.436. The Labute approximate surface area is 268 Å². The molecule has 2 aromatic carbocycles. The van der Waals surface area contributed by atoms with Gasteiger partial charge in [0.25, 0.3) is 0 Å². The highest BCUT2D eigenvalue weighted by atomic mass is 16.5. The van der Waals surface area contributed by atoms with E-state index >= 15 is 0 Å². The Morgan fingerprint density at radius 3 is 2.13 bits per heavy atom. The van der Waals surface area contributed by atoms with Crippen molar-refractivity contribution in [2.45, 2.75) is 84.6 Å². The maximum Gasteiger partial charge on any atom is 0.324 e. The predicted octanol–water partition coefficient (Wildman–Crippen LogP) is 8.10. The number of hydrogen-bond acceptors (Lipinski definition) is 5. The highest BCUT2D eigenvalue weighted by Crippen LogP contribution is 2.53. The SMILES string of the molecule is CCOC(=O)C1(C(=O)O)CC(/C=C/C2(C)N(CC)c3ccccc3C2(C)C)=CC(=C/C=C2/N(CC)c3ccccc3C2(C)C)/C1. The number of rotatable bonds is 8. The molecule has 2 unspecified atom stereocenters. The van der Waals surface area contributed by atoms with Gasteiger partial charge in [0.05, 0.1) is 12.1 Å². The van der Waals surface area contributed by atoms with E-state index in [1.807, 2.05) is 12.2 Å². The lowest BCUT2D eigenvalue weighted by atomic mass is 9.69. The van der Waals surface area contributed by atoms with E-state index in [4.69, 9.17) is 4.74 Å². The van der Waals surface area contributed by atoms with Crippen LogP contribution in [0.5, 0.6) is 0 Å². The van der Waals surface area contributed by atoms with E-state index in [0.29, 0.717) is 0 Å². The molecule has 2 aliphatic heterocycles. The zero-order valence-corrected chi connectivity index (χ0v) is 28.1. The van der Waals surface area contributed by atoms with E-state index in [0.717, 1.165) is 29.9 Å². The predicted molar refractivity (Wildman–Crippen MR) is 183 cm³/mol. The summed E-state index contributed by atoms with van der Waals surface area (Å²) in [5.41, 5.74) is 5.19. The molecule has 3 aliphatic rings. The van der Waals surface area contributed by atoms with Crippen LogP contribution in [0, 0.1) is 5.41 Å². The number of ether oxygens (including phenoxy) is 1. The molecule has 6 nitrogen and oxygen atoms in total. The van der Waals surface area contributed by atoms with Gasteiger partial charge in [-0.2, -0.15) is 0 Å². The van der Waals surface area contributed by atoms with E-state index < -0.39 is 17.4 Å². The van der Waals surface area contributed by atoms with Gasteiger partial charge in [-0.3, -0.25) is 9.59 Å². The average Bonchev–Trinajstić information content (AvgIpc) is 3.34. The Kier molecular flexibility index (Phi) is 8.41. The summed E-state index contributed by atoms with van der Waals surface area (Å²) in [5.74, 6) is -1.84. The van der Waals surface area contributed by atoms with Gasteiger partial charge in [-0.1, -0.05) is 88.4 Å². The molecule has 2 heterocycles. The van der Waals surface area contributed by atoms with E-state index in [9.17, 15) is 14.7 Å². The number of hydrogen-bond donors (Lipinski definition) is 1. The second-order valence-electron chi connectivity index (χ2n) is 13.7. The first-order valence-corrected chi connectivity index (χ1v) is 16.2. The molecule has 0 spiro atoms. The number of anilines is 2. The molecule has 6 heteroatoms. The van der Waals surface area contributed by atoms with Crippen molar-refractivity contribution in [3.63, 3.8) is 0 Å². The lowest BCUT2D eigenvalue weighted by Crippen LogP contribution is -2.52. The summed E-state index contributed by atoms with van der Waals surface area (Å²) in [6, 6.07) is 17.0. The van der Waals surface area contributed by atoms with Crippen LogP contribution < -0.4 is 9.80 Å². The number of carboxylic acids is 1. The number of aliphatic carboxylic acids is 1. The Morgan fingerprint density at radius 2 is 1.51 bits per heavy atom. The van der Waals surface area contributed by atoms with E-state index in [1.165, 1.54) is 22.5 Å². The number of allylic oxidation sites excluding steroid dienone is 7. The van der Waals surface area contributed by atoms with Gasteiger partial charge in [0.15, 0.2) is 5.41 Å². The maximum absolute atomic E-state index is 13.4. The highest BCUT2D eigenvalue weighted by molar-refractivity contribution is 6.00. The first-order chi connectivity index (χ1) is 21.3. The van der Waals surface area contributed by atoms with Gasteiger partial charge in [-0.05, 0) is 81.0 Å². The number of likely N-dealkylation sites (N-methyl/N-ethyl adjacent to an activating group) is 2. The third kappa shape index (κ3) is 5.03. The lowest BCUT2D eigenvalue weighted by Gasteiger charge is -2.43. The molecule has 0 amide bonds. The van der Waals surface area contributed by atoms with Gasteiger partial charge in [-0.25, -0.2) is 0 Å². The van der Waals surface area contributed by atoms with Crippen molar-refractivity contribution in [3.8, 4) is 0 Å². The Morgan fingerprint density at radius 1 is 0.867 bits per heavy atom. The van der Waals surface area contributed by atoms with E-state index in [-0.39, 0.29) is 35.8 Å². The summed E-state index contributed by atoms with van der Waals surface area (Å²) < 4.78 is 5.41. The molecule has 5 rings (SSSR count). The van der Waals surface area contributed by atoms with Crippen LogP contribution in [0.4, 0.5) is 11.4 Å². The lowest BCUT2D eigenvalue weighted by molar-refractivity contribution is -0.168. The Balaban J connectivity index is 1.60. The van der Waals surface area contributed by atoms with Gasteiger partial charge < -0.3 is 19.6 Å². The maximum atomic E-state index is 13.4. The second kappa shape index (κ2) is 11.7. The number of nitrogens with zero attached hydrogens (tertiary/aromatic N) is 2. The fourth-order valence-electron chi connectivity index (χ4n) is 7.80. The van der Waals surface area contributed by atoms with Gasteiger partial charge in [0.2, 0.25) is 0 Å². The fourth-order valence-corrected chi connectivity index (χ4v) is 7.80. The van der Waals surface area contributed by atoms with Crippen molar-refractivity contribution in [1.82, 2.24) is 0 Å². The molecule has 0 aromatic heterocycles. The van der Waals surface area contributed by atoms with E-state index in [1.54, 1.807) is 6.92 Å². The van der Waals surface area contributed by atoms with Crippen molar-refractivity contribution in [1.29, 1.82) is 0 Å². The van der Waals surface area contributed by atoms with Crippen LogP contribution in [0.15, 0.2) is 95.8 Å². The Bertz CT molecular complexity index is 1630. The number of carbonyl (C=O) groups excluding carboxylic acids is 1. The molecule has 1 N–H and O–H groups in total. The van der Waals surface area contributed by atoms with Crippen LogP contribution in [0.3, 0.4) is 0 Å². The number of fused-ring (bicyclic) bond motifs is 2. The smallest absolute Gasteiger partial charge is 0.324 e. The van der Waals surface area contributed by atoms with Crippen LogP contribution in [0.25, 0.3) is 0 Å². The van der Waals surface area contributed by atoms with Crippen molar-refractivity contribution in [2.24, 2.45) is 5.41 Å². The minimum absolute atomic E-state index is 0.0665. The molecular formula is C39H48N2O4. The first-order valence-electron chi connectivity index (χ1n) is 16.2. The van der Waals surface area contributed by atoms with Crippen LogP contribution in [-0.2, 0) is 25.2 Å². The molecule has 0 saturated carbocycles. The summed E-state index contributed by atoms with van der Waals surface area (Å²) in [7, 11) is 0. The highest BCUT2D eigenvalue weighted by Gasteiger charge is 2.53. The monoisotopic (exact) mass is 608 g/mol. The zero-order chi connectivity index (χ0) is 32.8. The minimum Gasteiger partial charge on any atom is -0.480 e. The van der Waals surface area contributed by atoms with Gasteiger partial charge in [0.1, 0.15) is 0 Å². The van der Waals surface area contributed by atoms with Gasteiger partial charge in [0, 0.05) is 41.0 Å². The molecule has 238 valence electrons. The molecule has 0 saturated heterocycles. The Hall–Kier alpha value is -4.06. The molecule has 0 bridgehead atoms. The largest absolute Gasteiger partial charge is 0.480 e. The summed E-state index contributed by atoms with van der Waals surface area (Å²) >= 11 is 0. The number of carboxylic acid groups (broad SMARTS) is 1. The van der Waals surface area contributed by atoms with Crippen molar-refractivity contribution in [2.75, 3.05) is 29.5 Å². The van der Waals surface area contributed by atoms with Crippen molar-refractivity contribution < 1.29 is 19.4 Å². The molecule has 0 radical (unpaired) electrons. The summed E-state index contributed by atoms with van der Waals surface area (Å²) in [4.78, 5) is 31.1. The standard InChI is InChI=1S/C39H48N2O4/c1-9-40-31-18-14-12-16-29(31)36(4,5)33(40)21-20-27-24-28(26-39(25-27,34(42)43)35(44)45-11-3)22-23-38(8)37(6,7)30-17-13-15-19-32(30)41(38)10-2/h12-24H,9-11,25-26H2,1-8H3,(H,42,43)/b23-22+,27-20-,33-21+. The molecule has 2 aromatic rings. The molecular weight excluding hydrogens is 560 g/mol. The molecule has 1 aliphatic carbocycles. The molecule has 0 fully saturated rings. The normalized spacial score (nSPS) is 26.7. The van der Waals surface area contributed by atoms with Crippen LogP contribution in [-0.4, -0.2) is 42.3 Å². The van der Waals surface area contributed by atoms with Crippen molar-refractivity contribution in [3.05, 3.63) is 107 Å². The van der Waals surface area contributed by atoms with E-state index in [2.05, 4.69) is 125 Å². The summed E-state index contributed by atoms with van der Waals surface area (Å²) in [6.45, 7) is 19.0. The van der Waals surface area contributed by atoms with Gasteiger partial charge in [-0.15, -0.1) is 0 Å². The number of benzene rings is 2. The quantitative estimate of drug-likeness (QED) is 0.241. The number of carbonyl (C=O) groups is 2. The topological polar surface area (TPSA) is 70.1 Å². The average molecular weight is 609 g/mol. The van der Waals surface area contributed by atoms with Crippen LogP contribution in [0.2, 0.25) is 0 Å². The first kappa shape index (κ1) is 32.3. The summed E-state index contributed by atoms with van der Waals surface area (Å²) in [6.07, 6.45) is 10.6. The molecule has 45 heavy (non-hydrogen) atoms. The summed E-state index contributed by atoms with van der Waals surface area (Å²) in [5, 5.41) is 10.6. The zero-order valence-electron chi connectivity index (χ0n) is 28.1. The van der Waals surface area contributed by atoms with Gasteiger partial charge >= 0.3 is 11.9 Å². The second-order valence-corrected chi connectivity index (χ2v) is 13.7. The van der Waals surface area contributed by atoms with Crippen LogP contribution in [0.1, 0.15) is 79.4 Å². The van der Waals surface area contributed by atoms with Crippen molar-refractivity contribution >= 4 is 23.3 Å². The minimum atomic E-state index is -1.70. The third-order valence-electron chi connectivity index (χ3n) is 10.7. The molecule has 2 atom stereocenters. The third-order valence-corrected chi connectivity index (χ3v) is 10.7. The number of para-hydroxylation sites is 2. The number of esters is 1. The van der Waals surface area contributed by atoms with Crippen LogP contribution >= 0.6 is 0 Å².